The molecule has 140 valence electrons. The SMILES string of the molecule is CCCC(=O)N1CCCN(S(=O)(=O)c2ccc(C(C)CC)cc2)CC1. The molecule has 0 aliphatic carbocycles. The van der Waals surface area contributed by atoms with Gasteiger partial charge in [0.2, 0.25) is 15.9 Å². The third-order valence-corrected chi connectivity index (χ3v) is 6.88. The molecule has 0 radical (unpaired) electrons. The van der Waals surface area contributed by atoms with E-state index in [1.165, 1.54) is 4.31 Å². The van der Waals surface area contributed by atoms with Crippen molar-refractivity contribution in [3.05, 3.63) is 29.8 Å². The number of hydrogen-bond donors (Lipinski definition) is 0. The van der Waals surface area contributed by atoms with Crippen LogP contribution in [0.5, 0.6) is 0 Å². The highest BCUT2D eigenvalue weighted by Crippen LogP contribution is 2.23. The average molecular weight is 367 g/mol. The van der Waals surface area contributed by atoms with Crippen LogP contribution in [0.1, 0.15) is 57.9 Å². The molecule has 0 N–H and O–H groups in total. The van der Waals surface area contributed by atoms with E-state index in [2.05, 4.69) is 13.8 Å². The summed E-state index contributed by atoms with van der Waals surface area (Å²) in [5, 5.41) is 0. The predicted octanol–water partition coefficient (Wildman–Crippen LogP) is 3.22. The molecule has 1 saturated heterocycles. The zero-order valence-electron chi connectivity index (χ0n) is 15.6. The minimum atomic E-state index is -3.50. The van der Waals surface area contributed by atoms with Crippen molar-refractivity contribution in [3.63, 3.8) is 0 Å². The number of hydrogen-bond acceptors (Lipinski definition) is 3. The van der Waals surface area contributed by atoms with Crippen molar-refractivity contribution in [2.75, 3.05) is 26.2 Å². The van der Waals surface area contributed by atoms with Gasteiger partial charge in [-0.25, -0.2) is 8.42 Å². The van der Waals surface area contributed by atoms with Crippen LogP contribution in [0.2, 0.25) is 0 Å². The highest BCUT2D eigenvalue weighted by molar-refractivity contribution is 7.89. The molecule has 1 aliphatic rings. The van der Waals surface area contributed by atoms with Crippen molar-refractivity contribution < 1.29 is 13.2 Å². The quantitative estimate of drug-likeness (QED) is 0.777. The Labute approximate surface area is 152 Å². The Hall–Kier alpha value is -1.40. The molecule has 1 aromatic rings. The fourth-order valence-corrected chi connectivity index (χ4v) is 4.58. The molecule has 1 unspecified atom stereocenters. The molecule has 0 spiro atoms. The standard InChI is InChI=1S/C19H30N2O3S/c1-4-7-19(22)20-12-6-13-21(15-14-20)25(23,24)18-10-8-17(9-11-18)16(3)5-2/h8-11,16H,4-7,12-15H2,1-3H3. The van der Waals surface area contributed by atoms with E-state index in [9.17, 15) is 13.2 Å². The summed E-state index contributed by atoms with van der Waals surface area (Å²) in [4.78, 5) is 14.2. The first-order valence-corrected chi connectivity index (χ1v) is 10.7. The van der Waals surface area contributed by atoms with E-state index in [0.29, 0.717) is 49.8 Å². The fraction of sp³-hybridized carbons (Fsp3) is 0.632. The smallest absolute Gasteiger partial charge is 0.243 e. The topological polar surface area (TPSA) is 57.7 Å². The summed E-state index contributed by atoms with van der Waals surface area (Å²) in [6.45, 7) is 8.19. The van der Waals surface area contributed by atoms with Gasteiger partial charge in [-0.2, -0.15) is 4.31 Å². The van der Waals surface area contributed by atoms with Crippen LogP contribution in [-0.2, 0) is 14.8 Å². The van der Waals surface area contributed by atoms with Crippen molar-refractivity contribution in [3.8, 4) is 0 Å². The Morgan fingerprint density at radius 2 is 1.76 bits per heavy atom. The molecule has 1 aliphatic heterocycles. The van der Waals surface area contributed by atoms with Crippen molar-refractivity contribution in [1.82, 2.24) is 9.21 Å². The van der Waals surface area contributed by atoms with Gasteiger partial charge >= 0.3 is 0 Å². The summed E-state index contributed by atoms with van der Waals surface area (Å²) in [6, 6.07) is 7.25. The van der Waals surface area contributed by atoms with Gasteiger partial charge in [-0.05, 0) is 42.9 Å². The normalized spacial score (nSPS) is 18.0. The first-order chi connectivity index (χ1) is 11.9. The first-order valence-electron chi connectivity index (χ1n) is 9.28. The number of carbonyl (C=O) groups is 1. The summed E-state index contributed by atoms with van der Waals surface area (Å²) in [5.74, 6) is 0.549. The average Bonchev–Trinajstić information content (AvgIpc) is 2.88. The molecule has 25 heavy (non-hydrogen) atoms. The highest BCUT2D eigenvalue weighted by Gasteiger charge is 2.28. The van der Waals surface area contributed by atoms with Gasteiger partial charge in [-0.3, -0.25) is 4.79 Å². The summed E-state index contributed by atoms with van der Waals surface area (Å²) in [6.07, 6.45) is 3.06. The summed E-state index contributed by atoms with van der Waals surface area (Å²) in [5.41, 5.74) is 1.16. The van der Waals surface area contributed by atoms with Crippen molar-refractivity contribution in [2.45, 2.75) is 57.3 Å². The van der Waals surface area contributed by atoms with Gasteiger partial charge in [0, 0.05) is 32.6 Å². The molecule has 5 nitrogen and oxygen atoms in total. The lowest BCUT2D eigenvalue weighted by molar-refractivity contribution is -0.131. The summed E-state index contributed by atoms with van der Waals surface area (Å²) >= 11 is 0. The molecule has 0 aromatic heterocycles. The van der Waals surface area contributed by atoms with E-state index >= 15 is 0 Å². The monoisotopic (exact) mass is 366 g/mol. The van der Waals surface area contributed by atoms with Crippen LogP contribution >= 0.6 is 0 Å². The number of carbonyl (C=O) groups excluding carboxylic acids is 1. The Morgan fingerprint density at radius 1 is 1.08 bits per heavy atom. The Morgan fingerprint density at radius 3 is 2.36 bits per heavy atom. The predicted molar refractivity (Wildman–Crippen MR) is 100 cm³/mol. The second kappa shape index (κ2) is 8.81. The largest absolute Gasteiger partial charge is 0.341 e. The maximum atomic E-state index is 12.9. The van der Waals surface area contributed by atoms with Crippen LogP contribution in [0.25, 0.3) is 0 Å². The Bertz CT molecular complexity index is 670. The second-order valence-corrected chi connectivity index (χ2v) is 8.70. The van der Waals surface area contributed by atoms with Gasteiger partial charge in [0.05, 0.1) is 4.90 Å². The maximum absolute atomic E-state index is 12.9. The summed E-state index contributed by atoms with van der Waals surface area (Å²) in [7, 11) is -3.50. The van der Waals surface area contributed by atoms with E-state index in [0.717, 1.165) is 18.4 Å². The Balaban J connectivity index is 2.10. The van der Waals surface area contributed by atoms with E-state index in [-0.39, 0.29) is 5.91 Å². The van der Waals surface area contributed by atoms with Crippen LogP contribution < -0.4 is 0 Å². The second-order valence-electron chi connectivity index (χ2n) is 6.77. The summed E-state index contributed by atoms with van der Waals surface area (Å²) < 4.78 is 27.3. The molecule has 1 heterocycles. The minimum Gasteiger partial charge on any atom is -0.341 e. The maximum Gasteiger partial charge on any atom is 0.243 e. The van der Waals surface area contributed by atoms with Crippen molar-refractivity contribution >= 4 is 15.9 Å². The van der Waals surface area contributed by atoms with Crippen LogP contribution in [0.4, 0.5) is 0 Å². The molecule has 1 amide bonds. The lowest BCUT2D eigenvalue weighted by Gasteiger charge is -2.22. The highest BCUT2D eigenvalue weighted by atomic mass is 32.2. The van der Waals surface area contributed by atoms with E-state index in [1.807, 2.05) is 19.1 Å². The van der Waals surface area contributed by atoms with Crippen molar-refractivity contribution in [2.24, 2.45) is 0 Å². The molecule has 6 heteroatoms. The molecule has 0 bridgehead atoms. The molecular formula is C19H30N2O3S. The van der Waals surface area contributed by atoms with E-state index in [4.69, 9.17) is 0 Å². The molecular weight excluding hydrogens is 336 g/mol. The minimum absolute atomic E-state index is 0.125. The van der Waals surface area contributed by atoms with Crippen LogP contribution in [0.15, 0.2) is 29.2 Å². The van der Waals surface area contributed by atoms with E-state index < -0.39 is 10.0 Å². The van der Waals surface area contributed by atoms with Gasteiger partial charge in [0.25, 0.3) is 0 Å². The molecule has 2 rings (SSSR count). The Kier molecular flexibility index (Phi) is 7.02. The fourth-order valence-electron chi connectivity index (χ4n) is 3.11. The van der Waals surface area contributed by atoms with Crippen molar-refractivity contribution in [1.29, 1.82) is 0 Å². The number of amides is 1. The van der Waals surface area contributed by atoms with Crippen LogP contribution in [0.3, 0.4) is 0 Å². The molecule has 1 atom stereocenters. The number of rotatable bonds is 6. The first kappa shape index (κ1) is 19.9. The van der Waals surface area contributed by atoms with Gasteiger partial charge in [0.15, 0.2) is 0 Å². The lowest BCUT2D eigenvalue weighted by atomic mass is 9.99. The van der Waals surface area contributed by atoms with Gasteiger partial charge in [-0.15, -0.1) is 0 Å². The van der Waals surface area contributed by atoms with Gasteiger partial charge in [0.1, 0.15) is 0 Å². The number of sulfonamides is 1. The van der Waals surface area contributed by atoms with E-state index in [1.54, 1.807) is 17.0 Å². The molecule has 1 fully saturated rings. The lowest BCUT2D eigenvalue weighted by Crippen LogP contribution is -2.37. The molecule has 1 aromatic carbocycles. The van der Waals surface area contributed by atoms with Gasteiger partial charge < -0.3 is 4.90 Å². The third-order valence-electron chi connectivity index (χ3n) is 4.97. The zero-order valence-corrected chi connectivity index (χ0v) is 16.4. The van der Waals surface area contributed by atoms with Crippen LogP contribution in [-0.4, -0.2) is 49.7 Å². The van der Waals surface area contributed by atoms with Crippen LogP contribution in [0, 0.1) is 0 Å². The third kappa shape index (κ3) is 4.82. The number of benzene rings is 1. The number of nitrogens with zero attached hydrogens (tertiary/aromatic N) is 2. The molecule has 0 saturated carbocycles. The zero-order chi connectivity index (χ0) is 18.4. The van der Waals surface area contributed by atoms with Gasteiger partial charge in [-0.1, -0.05) is 32.9 Å².